The van der Waals surface area contributed by atoms with Crippen LogP contribution in [0.5, 0.6) is 5.75 Å². The molecule has 2 nitrogen and oxygen atoms in total. The number of methoxy groups -OCH3 is 1. The topological polar surface area (TPSA) is 21.6 Å². The Morgan fingerprint density at radius 3 is 2.33 bits per heavy atom. The maximum atomic E-state index is 5.60. The van der Waals surface area contributed by atoms with Crippen molar-refractivity contribution in [1.29, 1.82) is 0 Å². The molecule has 0 radical (unpaired) electrons. The zero-order valence-electron chi connectivity index (χ0n) is 7.04. The van der Waals surface area contributed by atoms with E-state index in [1.165, 1.54) is 0 Å². The molecule has 0 saturated heterocycles. The van der Waals surface area contributed by atoms with E-state index in [4.69, 9.17) is 16.3 Å². The van der Waals surface area contributed by atoms with Crippen LogP contribution in [-0.4, -0.2) is 12.3 Å². The number of ether oxygens (including phenoxy) is 1. The Balaban J connectivity index is 2.85. The molecule has 0 aliphatic heterocycles. The predicted molar refractivity (Wildman–Crippen MR) is 51.6 cm³/mol. The molecule has 0 heterocycles. The summed E-state index contributed by atoms with van der Waals surface area (Å²) in [5.74, 6) is 0.821. The van der Waals surface area contributed by atoms with Gasteiger partial charge in [-0.05, 0) is 31.2 Å². The SMILES string of the molecule is COc1ccc(N=C(C)Cl)cc1. The molecular weight excluding hydrogens is 174 g/mol. The Bertz CT molecular complexity index is 275. The summed E-state index contributed by atoms with van der Waals surface area (Å²) in [5, 5.41) is 0.528. The van der Waals surface area contributed by atoms with Crippen molar-refractivity contribution in [2.75, 3.05) is 7.11 Å². The van der Waals surface area contributed by atoms with Gasteiger partial charge in [-0.3, -0.25) is 0 Å². The molecule has 0 aliphatic carbocycles. The maximum absolute atomic E-state index is 5.60. The van der Waals surface area contributed by atoms with Gasteiger partial charge in [0.15, 0.2) is 0 Å². The van der Waals surface area contributed by atoms with E-state index in [9.17, 15) is 0 Å². The van der Waals surface area contributed by atoms with Crippen molar-refractivity contribution in [3.8, 4) is 5.75 Å². The van der Waals surface area contributed by atoms with Gasteiger partial charge >= 0.3 is 0 Å². The van der Waals surface area contributed by atoms with E-state index < -0.39 is 0 Å². The first-order valence-electron chi connectivity index (χ1n) is 3.57. The fourth-order valence-corrected chi connectivity index (χ4v) is 0.932. The van der Waals surface area contributed by atoms with E-state index >= 15 is 0 Å². The smallest absolute Gasteiger partial charge is 0.119 e. The molecule has 0 fully saturated rings. The van der Waals surface area contributed by atoms with Crippen molar-refractivity contribution in [3.05, 3.63) is 24.3 Å². The summed E-state index contributed by atoms with van der Waals surface area (Å²) in [6, 6.07) is 7.40. The van der Waals surface area contributed by atoms with Gasteiger partial charge in [0.1, 0.15) is 10.9 Å². The van der Waals surface area contributed by atoms with Crippen LogP contribution in [-0.2, 0) is 0 Å². The van der Waals surface area contributed by atoms with Crippen LogP contribution in [0.1, 0.15) is 6.92 Å². The van der Waals surface area contributed by atoms with Crippen LogP contribution in [0, 0.1) is 0 Å². The molecule has 0 saturated carbocycles. The van der Waals surface area contributed by atoms with Gasteiger partial charge in [-0.1, -0.05) is 11.6 Å². The van der Waals surface area contributed by atoms with Gasteiger partial charge < -0.3 is 4.74 Å². The van der Waals surface area contributed by atoms with Gasteiger partial charge in [-0.2, -0.15) is 0 Å². The number of halogens is 1. The third kappa shape index (κ3) is 2.55. The zero-order valence-corrected chi connectivity index (χ0v) is 7.80. The van der Waals surface area contributed by atoms with Crippen LogP contribution in [0.4, 0.5) is 5.69 Å². The Morgan fingerprint density at radius 1 is 1.33 bits per heavy atom. The van der Waals surface area contributed by atoms with Gasteiger partial charge in [0, 0.05) is 0 Å². The molecule has 0 bridgehead atoms. The molecule has 0 spiro atoms. The molecule has 0 amide bonds. The van der Waals surface area contributed by atoms with E-state index in [1.807, 2.05) is 24.3 Å². The highest BCUT2D eigenvalue weighted by Crippen LogP contribution is 2.17. The second kappa shape index (κ2) is 4.12. The standard InChI is InChI=1S/C9H10ClNO/c1-7(10)11-8-3-5-9(12-2)6-4-8/h3-6H,1-2H3. The summed E-state index contributed by atoms with van der Waals surface area (Å²) in [7, 11) is 1.63. The van der Waals surface area contributed by atoms with Crippen LogP contribution in [0.25, 0.3) is 0 Å². The van der Waals surface area contributed by atoms with E-state index in [0.717, 1.165) is 11.4 Å². The van der Waals surface area contributed by atoms with Gasteiger partial charge in [0.05, 0.1) is 12.8 Å². The van der Waals surface area contributed by atoms with E-state index in [-0.39, 0.29) is 0 Å². The molecule has 1 aromatic rings. The fraction of sp³-hybridized carbons (Fsp3) is 0.222. The number of rotatable bonds is 2. The molecule has 0 aliphatic rings. The molecule has 12 heavy (non-hydrogen) atoms. The molecule has 0 unspecified atom stereocenters. The van der Waals surface area contributed by atoms with Gasteiger partial charge in [0.25, 0.3) is 0 Å². The summed E-state index contributed by atoms with van der Waals surface area (Å²) >= 11 is 5.60. The van der Waals surface area contributed by atoms with Crippen molar-refractivity contribution in [2.45, 2.75) is 6.92 Å². The van der Waals surface area contributed by atoms with Crippen molar-refractivity contribution in [3.63, 3.8) is 0 Å². The average Bonchev–Trinajstić information content (AvgIpc) is 2.05. The summed E-state index contributed by atoms with van der Waals surface area (Å²) < 4.78 is 4.99. The van der Waals surface area contributed by atoms with Crippen molar-refractivity contribution >= 4 is 22.5 Å². The Labute approximate surface area is 76.8 Å². The number of nitrogens with zero attached hydrogens (tertiary/aromatic N) is 1. The lowest BCUT2D eigenvalue weighted by atomic mass is 10.3. The normalized spacial score (nSPS) is 11.4. The largest absolute Gasteiger partial charge is 0.497 e. The molecule has 64 valence electrons. The highest BCUT2D eigenvalue weighted by atomic mass is 35.5. The van der Waals surface area contributed by atoms with Crippen LogP contribution in [0.3, 0.4) is 0 Å². The predicted octanol–water partition coefficient (Wildman–Crippen LogP) is 2.98. The molecular formula is C9H10ClNO. The lowest BCUT2D eigenvalue weighted by molar-refractivity contribution is 0.415. The highest BCUT2D eigenvalue weighted by Gasteiger charge is 1.91. The van der Waals surface area contributed by atoms with E-state index in [1.54, 1.807) is 14.0 Å². The Kier molecular flexibility index (Phi) is 3.11. The van der Waals surface area contributed by atoms with Crippen molar-refractivity contribution in [1.82, 2.24) is 0 Å². The first-order chi connectivity index (χ1) is 5.72. The molecule has 1 rings (SSSR count). The van der Waals surface area contributed by atoms with Crippen molar-refractivity contribution < 1.29 is 4.74 Å². The minimum atomic E-state index is 0.528. The van der Waals surface area contributed by atoms with Crippen LogP contribution in [0.15, 0.2) is 29.3 Å². The zero-order chi connectivity index (χ0) is 8.97. The molecule has 0 N–H and O–H groups in total. The first kappa shape index (κ1) is 9.07. The number of benzene rings is 1. The van der Waals surface area contributed by atoms with Gasteiger partial charge in [-0.15, -0.1) is 0 Å². The van der Waals surface area contributed by atoms with E-state index in [2.05, 4.69) is 4.99 Å². The van der Waals surface area contributed by atoms with Crippen LogP contribution < -0.4 is 4.74 Å². The van der Waals surface area contributed by atoms with Crippen LogP contribution in [0.2, 0.25) is 0 Å². The summed E-state index contributed by atoms with van der Waals surface area (Å²) in [6.45, 7) is 1.74. The van der Waals surface area contributed by atoms with Gasteiger partial charge in [0.2, 0.25) is 0 Å². The second-order valence-corrected chi connectivity index (χ2v) is 2.85. The second-order valence-electron chi connectivity index (χ2n) is 2.31. The van der Waals surface area contributed by atoms with Crippen LogP contribution >= 0.6 is 11.6 Å². The molecule has 1 aromatic carbocycles. The third-order valence-corrected chi connectivity index (χ3v) is 1.44. The highest BCUT2D eigenvalue weighted by molar-refractivity contribution is 6.65. The molecule has 0 atom stereocenters. The summed E-state index contributed by atoms with van der Waals surface area (Å²) in [6.07, 6.45) is 0. The Morgan fingerprint density at radius 2 is 1.92 bits per heavy atom. The van der Waals surface area contributed by atoms with E-state index in [0.29, 0.717) is 5.17 Å². The lowest BCUT2D eigenvalue weighted by Crippen LogP contribution is -1.80. The Hall–Kier alpha value is -1.02. The fourth-order valence-electron chi connectivity index (χ4n) is 0.835. The summed E-state index contributed by atoms with van der Waals surface area (Å²) in [5.41, 5.74) is 0.836. The number of hydrogen-bond acceptors (Lipinski definition) is 2. The first-order valence-corrected chi connectivity index (χ1v) is 3.95. The average molecular weight is 184 g/mol. The minimum Gasteiger partial charge on any atom is -0.497 e. The lowest BCUT2D eigenvalue weighted by Gasteiger charge is -1.98. The minimum absolute atomic E-state index is 0.528. The number of hydrogen-bond donors (Lipinski definition) is 0. The van der Waals surface area contributed by atoms with Gasteiger partial charge in [-0.25, -0.2) is 4.99 Å². The summed E-state index contributed by atoms with van der Waals surface area (Å²) in [4.78, 5) is 4.06. The quantitative estimate of drug-likeness (QED) is 0.646. The maximum Gasteiger partial charge on any atom is 0.119 e. The monoisotopic (exact) mass is 183 g/mol. The third-order valence-electron chi connectivity index (χ3n) is 1.36. The molecule has 3 heteroatoms. The number of aliphatic imine (C=N–C) groups is 1. The van der Waals surface area contributed by atoms with Crippen molar-refractivity contribution in [2.24, 2.45) is 4.99 Å². The molecule has 0 aromatic heterocycles.